The van der Waals surface area contributed by atoms with Crippen molar-refractivity contribution in [3.05, 3.63) is 58.2 Å². The second kappa shape index (κ2) is 5.98. The van der Waals surface area contributed by atoms with E-state index in [0.717, 1.165) is 15.6 Å². The molecule has 4 heteroatoms. The van der Waals surface area contributed by atoms with Crippen LogP contribution >= 0.6 is 15.9 Å². The highest BCUT2D eigenvalue weighted by Crippen LogP contribution is 2.15. The Kier molecular flexibility index (Phi) is 4.33. The molecule has 2 aromatic rings. The minimum Gasteiger partial charge on any atom is -0.473 e. The molecule has 0 saturated heterocycles. The van der Waals surface area contributed by atoms with Gasteiger partial charge in [-0.1, -0.05) is 34.1 Å². The largest absolute Gasteiger partial charge is 0.473 e. The van der Waals surface area contributed by atoms with Gasteiger partial charge in [-0.05, 0) is 30.2 Å². The summed E-state index contributed by atoms with van der Waals surface area (Å²) in [5.41, 5.74) is 7.87. The predicted molar refractivity (Wildman–Crippen MR) is 75.3 cm³/mol. The highest BCUT2D eigenvalue weighted by atomic mass is 79.9. The van der Waals surface area contributed by atoms with Gasteiger partial charge in [-0.15, -0.1) is 0 Å². The summed E-state index contributed by atoms with van der Waals surface area (Å²) < 4.78 is 6.66. The van der Waals surface area contributed by atoms with Gasteiger partial charge < -0.3 is 10.5 Å². The van der Waals surface area contributed by atoms with E-state index in [1.807, 2.05) is 43.3 Å². The van der Waals surface area contributed by atoms with Gasteiger partial charge in [0.1, 0.15) is 6.61 Å². The standard InChI is InChI=1S/C14H15BrN2O/c1-10(16)12-4-7-14(17-8-12)18-9-11-2-5-13(15)6-3-11/h2-8,10H,9,16H2,1H3. The summed E-state index contributed by atoms with van der Waals surface area (Å²) in [4.78, 5) is 4.22. The highest BCUT2D eigenvalue weighted by Gasteiger charge is 2.01. The number of hydrogen-bond donors (Lipinski definition) is 1. The average Bonchev–Trinajstić information content (AvgIpc) is 2.38. The van der Waals surface area contributed by atoms with Crippen molar-refractivity contribution in [1.82, 2.24) is 4.98 Å². The van der Waals surface area contributed by atoms with Crippen molar-refractivity contribution < 1.29 is 4.74 Å². The first-order valence-electron chi connectivity index (χ1n) is 5.74. The molecule has 1 aromatic carbocycles. The first kappa shape index (κ1) is 13.1. The lowest BCUT2D eigenvalue weighted by Gasteiger charge is -2.08. The topological polar surface area (TPSA) is 48.1 Å². The molecular weight excluding hydrogens is 292 g/mol. The zero-order chi connectivity index (χ0) is 13.0. The molecule has 2 rings (SSSR count). The molecule has 0 radical (unpaired) electrons. The number of nitrogens with two attached hydrogens (primary N) is 1. The number of rotatable bonds is 4. The van der Waals surface area contributed by atoms with Crippen LogP contribution in [0.5, 0.6) is 5.88 Å². The van der Waals surface area contributed by atoms with Crippen molar-refractivity contribution in [3.8, 4) is 5.88 Å². The van der Waals surface area contributed by atoms with Crippen LogP contribution in [-0.2, 0) is 6.61 Å². The molecule has 0 aliphatic carbocycles. The van der Waals surface area contributed by atoms with E-state index in [0.29, 0.717) is 12.5 Å². The van der Waals surface area contributed by atoms with Crippen molar-refractivity contribution in [2.75, 3.05) is 0 Å². The van der Waals surface area contributed by atoms with Crippen molar-refractivity contribution in [2.45, 2.75) is 19.6 Å². The Morgan fingerprint density at radius 3 is 2.50 bits per heavy atom. The second-order valence-electron chi connectivity index (χ2n) is 4.13. The predicted octanol–water partition coefficient (Wildman–Crippen LogP) is 3.44. The van der Waals surface area contributed by atoms with Gasteiger partial charge in [0.25, 0.3) is 0 Å². The number of nitrogens with zero attached hydrogens (tertiary/aromatic N) is 1. The molecule has 0 bridgehead atoms. The Morgan fingerprint density at radius 2 is 1.94 bits per heavy atom. The maximum absolute atomic E-state index is 5.76. The normalized spacial score (nSPS) is 12.2. The third-order valence-corrected chi connectivity index (χ3v) is 3.11. The van der Waals surface area contributed by atoms with Crippen LogP contribution in [0.2, 0.25) is 0 Å². The van der Waals surface area contributed by atoms with Gasteiger partial charge in [0.05, 0.1) is 0 Å². The number of benzene rings is 1. The van der Waals surface area contributed by atoms with Gasteiger partial charge in [-0.25, -0.2) is 4.98 Å². The van der Waals surface area contributed by atoms with E-state index < -0.39 is 0 Å². The van der Waals surface area contributed by atoms with Crippen LogP contribution < -0.4 is 10.5 Å². The number of aromatic nitrogens is 1. The maximum atomic E-state index is 5.76. The fraction of sp³-hybridized carbons (Fsp3) is 0.214. The monoisotopic (exact) mass is 306 g/mol. The summed E-state index contributed by atoms with van der Waals surface area (Å²) in [7, 11) is 0. The molecule has 0 amide bonds. The van der Waals surface area contributed by atoms with Gasteiger partial charge in [0, 0.05) is 22.8 Å². The van der Waals surface area contributed by atoms with E-state index in [1.165, 1.54) is 0 Å². The first-order valence-corrected chi connectivity index (χ1v) is 6.53. The Hall–Kier alpha value is -1.39. The van der Waals surface area contributed by atoms with Crippen molar-refractivity contribution in [1.29, 1.82) is 0 Å². The lowest BCUT2D eigenvalue weighted by atomic mass is 10.2. The Bertz CT molecular complexity index is 494. The van der Waals surface area contributed by atoms with Gasteiger partial charge in [-0.2, -0.15) is 0 Å². The van der Waals surface area contributed by atoms with Gasteiger partial charge in [0.15, 0.2) is 0 Å². The minimum absolute atomic E-state index is 0.00183. The van der Waals surface area contributed by atoms with Gasteiger partial charge in [-0.3, -0.25) is 0 Å². The van der Waals surface area contributed by atoms with E-state index in [2.05, 4.69) is 20.9 Å². The summed E-state index contributed by atoms with van der Waals surface area (Å²) >= 11 is 3.40. The van der Waals surface area contributed by atoms with E-state index in [9.17, 15) is 0 Å². The van der Waals surface area contributed by atoms with Crippen LogP contribution in [0, 0.1) is 0 Å². The quantitative estimate of drug-likeness (QED) is 0.941. The summed E-state index contributed by atoms with van der Waals surface area (Å²) in [5.74, 6) is 0.613. The maximum Gasteiger partial charge on any atom is 0.213 e. The molecule has 3 nitrogen and oxygen atoms in total. The smallest absolute Gasteiger partial charge is 0.213 e. The molecule has 1 aromatic heterocycles. The Balaban J connectivity index is 1.95. The molecule has 2 N–H and O–H groups in total. The molecular formula is C14H15BrN2O. The number of ether oxygens (including phenoxy) is 1. The lowest BCUT2D eigenvalue weighted by Crippen LogP contribution is -2.05. The zero-order valence-electron chi connectivity index (χ0n) is 10.1. The van der Waals surface area contributed by atoms with E-state index in [4.69, 9.17) is 10.5 Å². The minimum atomic E-state index is -0.00183. The fourth-order valence-corrected chi connectivity index (χ4v) is 1.75. The number of hydrogen-bond acceptors (Lipinski definition) is 3. The molecule has 1 unspecified atom stereocenters. The Labute approximate surface area is 115 Å². The number of halogens is 1. The second-order valence-corrected chi connectivity index (χ2v) is 5.05. The third kappa shape index (κ3) is 3.55. The summed E-state index contributed by atoms with van der Waals surface area (Å²) in [6.45, 7) is 2.44. The molecule has 0 aliphatic rings. The molecule has 18 heavy (non-hydrogen) atoms. The average molecular weight is 307 g/mol. The first-order chi connectivity index (χ1) is 8.65. The van der Waals surface area contributed by atoms with E-state index in [1.54, 1.807) is 6.20 Å². The third-order valence-electron chi connectivity index (χ3n) is 2.58. The van der Waals surface area contributed by atoms with E-state index in [-0.39, 0.29) is 6.04 Å². The van der Waals surface area contributed by atoms with Crippen LogP contribution in [0.3, 0.4) is 0 Å². The number of pyridine rings is 1. The molecule has 1 heterocycles. The zero-order valence-corrected chi connectivity index (χ0v) is 11.7. The highest BCUT2D eigenvalue weighted by molar-refractivity contribution is 9.10. The summed E-state index contributed by atoms with van der Waals surface area (Å²) in [5, 5.41) is 0. The van der Waals surface area contributed by atoms with Crippen molar-refractivity contribution in [3.63, 3.8) is 0 Å². The summed E-state index contributed by atoms with van der Waals surface area (Å²) in [6.07, 6.45) is 1.75. The van der Waals surface area contributed by atoms with Crippen molar-refractivity contribution >= 4 is 15.9 Å². The van der Waals surface area contributed by atoms with Gasteiger partial charge >= 0.3 is 0 Å². The molecule has 94 valence electrons. The van der Waals surface area contributed by atoms with Crippen LogP contribution in [0.15, 0.2) is 47.1 Å². The molecule has 1 atom stereocenters. The van der Waals surface area contributed by atoms with Crippen LogP contribution in [0.25, 0.3) is 0 Å². The van der Waals surface area contributed by atoms with Crippen molar-refractivity contribution in [2.24, 2.45) is 5.73 Å². The molecule has 0 saturated carbocycles. The van der Waals surface area contributed by atoms with Crippen LogP contribution in [0.4, 0.5) is 0 Å². The fourth-order valence-electron chi connectivity index (χ4n) is 1.48. The summed E-state index contributed by atoms with van der Waals surface area (Å²) in [6, 6.07) is 11.8. The Morgan fingerprint density at radius 1 is 1.22 bits per heavy atom. The molecule has 0 spiro atoms. The van der Waals surface area contributed by atoms with Crippen LogP contribution in [0.1, 0.15) is 24.1 Å². The van der Waals surface area contributed by atoms with E-state index >= 15 is 0 Å². The van der Waals surface area contributed by atoms with Gasteiger partial charge in [0.2, 0.25) is 5.88 Å². The molecule has 0 fully saturated rings. The SMILES string of the molecule is CC(N)c1ccc(OCc2ccc(Br)cc2)nc1. The lowest BCUT2D eigenvalue weighted by molar-refractivity contribution is 0.293. The van der Waals surface area contributed by atoms with Crippen LogP contribution in [-0.4, -0.2) is 4.98 Å². The molecule has 0 aliphatic heterocycles.